The molecule has 1 heterocycles. The summed E-state index contributed by atoms with van der Waals surface area (Å²) >= 11 is 0. The fourth-order valence-electron chi connectivity index (χ4n) is 2.21. The normalized spacial score (nSPS) is 9.72. The van der Waals surface area contributed by atoms with Crippen molar-refractivity contribution in [3.8, 4) is 34.8 Å². The van der Waals surface area contributed by atoms with E-state index < -0.39 is 18.1 Å². The fourth-order valence-corrected chi connectivity index (χ4v) is 2.21. The van der Waals surface area contributed by atoms with Gasteiger partial charge in [-0.1, -0.05) is 6.07 Å². The number of aromatic nitrogens is 1. The summed E-state index contributed by atoms with van der Waals surface area (Å²) < 4.78 is 10.2. The summed E-state index contributed by atoms with van der Waals surface area (Å²) in [5, 5.41) is 27.3. The number of nitrogen functional groups attached to an aromatic ring is 1. The summed E-state index contributed by atoms with van der Waals surface area (Å²) in [5.41, 5.74) is 5.00. The highest BCUT2D eigenvalue weighted by Gasteiger charge is 2.19. The third kappa shape index (κ3) is 3.35. The van der Waals surface area contributed by atoms with Crippen LogP contribution in [0.4, 0.5) is 5.82 Å². The molecule has 0 unspecified atom stereocenters. The summed E-state index contributed by atoms with van der Waals surface area (Å²) in [5.74, 6) is -0.993. The van der Waals surface area contributed by atoms with Crippen molar-refractivity contribution in [3.63, 3.8) is 0 Å². The molecule has 0 atom stereocenters. The van der Waals surface area contributed by atoms with Crippen molar-refractivity contribution in [2.24, 2.45) is 0 Å². The zero-order valence-corrected chi connectivity index (χ0v) is 13.0. The Kier molecular flexibility index (Phi) is 4.91. The zero-order chi connectivity index (χ0) is 18.6. The van der Waals surface area contributed by atoms with E-state index in [1.54, 1.807) is 6.07 Å². The van der Waals surface area contributed by atoms with Gasteiger partial charge in [0.2, 0.25) is 0 Å². The van der Waals surface area contributed by atoms with Crippen LogP contribution in [0.3, 0.4) is 0 Å². The van der Waals surface area contributed by atoms with Crippen molar-refractivity contribution in [3.05, 3.63) is 39.7 Å². The predicted octanol–water partition coefficient (Wildman–Crippen LogP) is 0.839. The maximum absolute atomic E-state index is 11.9. The van der Waals surface area contributed by atoms with Crippen molar-refractivity contribution in [2.45, 2.75) is 0 Å². The number of hydrogen-bond acceptors (Lipinski definition) is 7. The Morgan fingerprint density at radius 3 is 2.52 bits per heavy atom. The summed E-state index contributed by atoms with van der Waals surface area (Å²) in [6.07, 6.45) is 0. The maximum Gasteiger partial charge on any atom is 0.341 e. The lowest BCUT2D eigenvalue weighted by atomic mass is 9.96. The average Bonchev–Trinajstić information content (AvgIpc) is 2.59. The molecule has 0 spiro atoms. The number of carboxylic acids is 1. The summed E-state index contributed by atoms with van der Waals surface area (Å²) in [4.78, 5) is 24.8. The van der Waals surface area contributed by atoms with E-state index in [-0.39, 0.29) is 34.0 Å². The number of nitrogens with two attached hydrogens (primary N) is 1. The minimum absolute atomic E-state index is 0.0580. The highest BCUT2D eigenvalue weighted by molar-refractivity contribution is 5.81. The van der Waals surface area contributed by atoms with Crippen LogP contribution < -0.4 is 20.8 Å². The van der Waals surface area contributed by atoms with Crippen LogP contribution in [-0.4, -0.2) is 29.8 Å². The molecule has 25 heavy (non-hydrogen) atoms. The van der Waals surface area contributed by atoms with Crippen molar-refractivity contribution in [2.75, 3.05) is 19.5 Å². The first-order valence-corrected chi connectivity index (χ1v) is 6.81. The standard InChI is InChI=1S/C16H12N4O5/c1-24-12-4-8(2-3-11(12)25-7-13(21)22)14-9(5-17)15(19)20-16(23)10(14)6-18/h2-4H,7H2,1H3,(H,21,22)(H3,19,20,23). The maximum atomic E-state index is 11.9. The van der Waals surface area contributed by atoms with Crippen molar-refractivity contribution in [1.29, 1.82) is 10.5 Å². The van der Waals surface area contributed by atoms with E-state index >= 15 is 0 Å². The number of H-pyrrole nitrogens is 1. The Labute approximate surface area is 141 Å². The number of nitrogens with zero attached hydrogens (tertiary/aromatic N) is 2. The topological polar surface area (TPSA) is 162 Å². The van der Waals surface area contributed by atoms with E-state index in [4.69, 9.17) is 20.3 Å². The van der Waals surface area contributed by atoms with Crippen LogP contribution in [0.2, 0.25) is 0 Å². The molecule has 126 valence electrons. The van der Waals surface area contributed by atoms with Crippen LogP contribution in [0, 0.1) is 22.7 Å². The van der Waals surface area contributed by atoms with Crippen LogP contribution in [-0.2, 0) is 4.79 Å². The van der Waals surface area contributed by atoms with Gasteiger partial charge >= 0.3 is 5.97 Å². The zero-order valence-electron chi connectivity index (χ0n) is 13.0. The second kappa shape index (κ2) is 7.06. The first-order valence-electron chi connectivity index (χ1n) is 6.81. The number of rotatable bonds is 5. The Hall–Kier alpha value is -3.98. The molecule has 0 saturated carbocycles. The van der Waals surface area contributed by atoms with E-state index in [1.807, 2.05) is 6.07 Å². The summed E-state index contributed by atoms with van der Waals surface area (Å²) in [7, 11) is 1.34. The third-order valence-corrected chi connectivity index (χ3v) is 3.27. The third-order valence-electron chi connectivity index (χ3n) is 3.27. The molecule has 1 aromatic carbocycles. The van der Waals surface area contributed by atoms with Crippen LogP contribution >= 0.6 is 0 Å². The predicted molar refractivity (Wildman–Crippen MR) is 86.0 cm³/mol. The largest absolute Gasteiger partial charge is 0.493 e. The number of aromatic amines is 1. The Morgan fingerprint density at radius 2 is 1.96 bits per heavy atom. The number of pyridine rings is 1. The van der Waals surface area contributed by atoms with Gasteiger partial charge in [0, 0.05) is 5.56 Å². The van der Waals surface area contributed by atoms with Gasteiger partial charge in [0.05, 0.1) is 7.11 Å². The quantitative estimate of drug-likeness (QED) is 0.721. The SMILES string of the molecule is COc1cc(-c2c(C#N)c(N)[nH]c(=O)c2C#N)ccc1OCC(=O)O. The number of aliphatic carboxylic acids is 1. The van der Waals surface area contributed by atoms with E-state index in [2.05, 4.69) is 4.98 Å². The summed E-state index contributed by atoms with van der Waals surface area (Å²) in [6.45, 7) is -0.569. The molecule has 0 aliphatic heterocycles. The van der Waals surface area contributed by atoms with Gasteiger partial charge in [-0.2, -0.15) is 10.5 Å². The number of anilines is 1. The van der Waals surface area contributed by atoms with E-state index in [1.165, 1.54) is 25.3 Å². The molecule has 2 aromatic rings. The van der Waals surface area contributed by atoms with Gasteiger partial charge < -0.3 is 25.3 Å². The van der Waals surface area contributed by atoms with Crippen molar-refractivity contribution >= 4 is 11.8 Å². The molecular weight excluding hydrogens is 328 g/mol. The molecule has 0 fully saturated rings. The Morgan fingerprint density at radius 1 is 1.28 bits per heavy atom. The molecular formula is C16H12N4O5. The number of benzene rings is 1. The van der Waals surface area contributed by atoms with Crippen LogP contribution in [0.25, 0.3) is 11.1 Å². The van der Waals surface area contributed by atoms with E-state index in [0.29, 0.717) is 5.56 Å². The van der Waals surface area contributed by atoms with Gasteiger partial charge in [-0.25, -0.2) is 4.79 Å². The number of methoxy groups -OCH3 is 1. The smallest absolute Gasteiger partial charge is 0.341 e. The lowest BCUT2D eigenvalue weighted by molar-refractivity contribution is -0.139. The lowest BCUT2D eigenvalue weighted by Crippen LogP contribution is -2.16. The van der Waals surface area contributed by atoms with Crippen LogP contribution in [0.15, 0.2) is 23.0 Å². The average molecular weight is 340 g/mol. The summed E-state index contributed by atoms with van der Waals surface area (Å²) in [6, 6.07) is 7.92. The molecule has 0 bridgehead atoms. The van der Waals surface area contributed by atoms with Gasteiger partial charge in [-0.05, 0) is 17.7 Å². The number of nitriles is 2. The molecule has 0 amide bonds. The van der Waals surface area contributed by atoms with Crippen LogP contribution in [0.1, 0.15) is 11.1 Å². The fraction of sp³-hybridized carbons (Fsp3) is 0.125. The van der Waals surface area contributed by atoms with E-state index in [0.717, 1.165) is 0 Å². The molecule has 9 nitrogen and oxygen atoms in total. The second-order valence-electron chi connectivity index (χ2n) is 4.76. The Bertz CT molecular complexity index is 982. The minimum Gasteiger partial charge on any atom is -0.493 e. The highest BCUT2D eigenvalue weighted by Crippen LogP contribution is 2.35. The molecule has 9 heteroatoms. The monoisotopic (exact) mass is 340 g/mol. The number of hydrogen-bond donors (Lipinski definition) is 3. The van der Waals surface area contributed by atoms with Gasteiger partial charge in [0.15, 0.2) is 18.1 Å². The molecule has 4 N–H and O–H groups in total. The second-order valence-corrected chi connectivity index (χ2v) is 4.76. The number of carboxylic acid groups (broad SMARTS) is 1. The number of nitrogens with one attached hydrogen (secondary N) is 1. The molecule has 0 aliphatic carbocycles. The molecule has 1 aromatic heterocycles. The lowest BCUT2D eigenvalue weighted by Gasteiger charge is -2.13. The molecule has 0 radical (unpaired) electrons. The first-order chi connectivity index (χ1) is 11.9. The van der Waals surface area contributed by atoms with Crippen molar-refractivity contribution in [1.82, 2.24) is 4.98 Å². The van der Waals surface area contributed by atoms with Gasteiger partial charge in [0.1, 0.15) is 29.1 Å². The molecule has 0 aliphatic rings. The van der Waals surface area contributed by atoms with Gasteiger partial charge in [-0.3, -0.25) is 4.79 Å². The molecule has 2 rings (SSSR count). The van der Waals surface area contributed by atoms with Gasteiger partial charge in [-0.15, -0.1) is 0 Å². The highest BCUT2D eigenvalue weighted by atomic mass is 16.5. The Balaban J connectivity index is 2.68. The first kappa shape index (κ1) is 17.4. The van der Waals surface area contributed by atoms with Crippen molar-refractivity contribution < 1.29 is 19.4 Å². The number of carbonyl (C=O) groups is 1. The van der Waals surface area contributed by atoms with E-state index in [9.17, 15) is 20.1 Å². The minimum atomic E-state index is -1.16. The van der Waals surface area contributed by atoms with Crippen LogP contribution in [0.5, 0.6) is 11.5 Å². The molecule has 0 saturated heterocycles. The number of ether oxygens (including phenoxy) is 2. The van der Waals surface area contributed by atoms with Gasteiger partial charge in [0.25, 0.3) is 5.56 Å².